The maximum atomic E-state index is 12.3. The highest BCUT2D eigenvalue weighted by atomic mass is 127. The molecule has 5 heteroatoms. The van der Waals surface area contributed by atoms with Crippen LogP contribution in [0, 0.1) is 9.49 Å². The van der Waals surface area contributed by atoms with Gasteiger partial charge in [0, 0.05) is 21.7 Å². The number of Topliss-reactive ketones (excluding diaryl/α,β-unsaturated/α-hetero) is 1. The van der Waals surface area contributed by atoms with Crippen molar-refractivity contribution in [2.75, 3.05) is 13.1 Å². The van der Waals surface area contributed by atoms with Gasteiger partial charge in [0.1, 0.15) is 0 Å². The van der Waals surface area contributed by atoms with E-state index in [2.05, 4.69) is 34.4 Å². The molecular weight excluding hydrogens is 367 g/mol. The molecule has 0 spiro atoms. The Hall–Kier alpha value is -0.950. The Bertz CT molecular complexity index is 501. The molecule has 2 rings (SSSR count). The monoisotopic (exact) mass is 386 g/mol. The molecule has 0 aliphatic carbocycles. The van der Waals surface area contributed by atoms with Gasteiger partial charge >= 0.3 is 0 Å². The van der Waals surface area contributed by atoms with Crippen molar-refractivity contribution in [3.05, 3.63) is 33.4 Å². The molecule has 1 aliphatic heterocycles. The second kappa shape index (κ2) is 6.67. The first-order chi connectivity index (χ1) is 9.47. The van der Waals surface area contributed by atoms with E-state index in [1.54, 1.807) is 0 Å². The highest BCUT2D eigenvalue weighted by molar-refractivity contribution is 14.1. The zero-order valence-corrected chi connectivity index (χ0v) is 13.7. The molecule has 2 unspecified atom stereocenters. The Labute approximate surface area is 132 Å². The van der Waals surface area contributed by atoms with Gasteiger partial charge in [-0.1, -0.05) is 12.1 Å². The Morgan fingerprint density at radius 3 is 2.55 bits per heavy atom. The van der Waals surface area contributed by atoms with E-state index in [1.807, 2.05) is 24.3 Å². The minimum absolute atomic E-state index is 0.0957. The zero-order chi connectivity index (χ0) is 14.7. The maximum absolute atomic E-state index is 12.3. The van der Waals surface area contributed by atoms with E-state index in [9.17, 15) is 9.59 Å². The SMILES string of the molecule is CC1CCC(C(N)=O)CN1CC(=O)c1ccc(I)cc1. The van der Waals surface area contributed by atoms with E-state index < -0.39 is 0 Å². The molecule has 0 bridgehead atoms. The van der Waals surface area contributed by atoms with Crippen LogP contribution in [-0.4, -0.2) is 35.7 Å². The van der Waals surface area contributed by atoms with Crippen molar-refractivity contribution in [1.29, 1.82) is 0 Å². The first kappa shape index (κ1) is 15.4. The number of ketones is 1. The third-order valence-electron chi connectivity index (χ3n) is 3.93. The van der Waals surface area contributed by atoms with Crippen LogP contribution in [0.3, 0.4) is 0 Å². The van der Waals surface area contributed by atoms with E-state index in [1.165, 1.54) is 0 Å². The number of amides is 1. The predicted molar refractivity (Wildman–Crippen MR) is 86.4 cm³/mol. The molecule has 1 aromatic rings. The van der Waals surface area contributed by atoms with Gasteiger partial charge in [-0.05, 0) is 54.5 Å². The zero-order valence-electron chi connectivity index (χ0n) is 11.5. The number of nitrogens with two attached hydrogens (primary N) is 1. The fraction of sp³-hybridized carbons (Fsp3) is 0.467. The topological polar surface area (TPSA) is 63.4 Å². The van der Waals surface area contributed by atoms with E-state index in [4.69, 9.17) is 5.73 Å². The summed E-state index contributed by atoms with van der Waals surface area (Å²) in [5.41, 5.74) is 6.10. The number of rotatable bonds is 4. The van der Waals surface area contributed by atoms with Crippen molar-refractivity contribution in [2.24, 2.45) is 11.7 Å². The molecule has 0 saturated carbocycles. The molecule has 0 aromatic heterocycles. The van der Waals surface area contributed by atoms with Crippen molar-refractivity contribution < 1.29 is 9.59 Å². The highest BCUT2D eigenvalue weighted by Crippen LogP contribution is 2.22. The lowest BCUT2D eigenvalue weighted by atomic mass is 9.92. The summed E-state index contributed by atoms with van der Waals surface area (Å²) in [7, 11) is 0. The Balaban J connectivity index is 2.02. The molecule has 1 aromatic carbocycles. The third kappa shape index (κ3) is 3.79. The van der Waals surface area contributed by atoms with Gasteiger partial charge in [0.25, 0.3) is 0 Å². The van der Waals surface area contributed by atoms with Crippen LogP contribution in [0.2, 0.25) is 0 Å². The van der Waals surface area contributed by atoms with Crippen molar-refractivity contribution >= 4 is 34.3 Å². The lowest BCUT2D eigenvalue weighted by Crippen LogP contribution is -2.47. The number of hydrogen-bond acceptors (Lipinski definition) is 3. The summed E-state index contributed by atoms with van der Waals surface area (Å²) in [5.74, 6) is -0.294. The van der Waals surface area contributed by atoms with Crippen LogP contribution in [0.1, 0.15) is 30.1 Å². The molecule has 1 aliphatic rings. The normalized spacial score (nSPS) is 23.5. The van der Waals surface area contributed by atoms with Crippen LogP contribution in [0.25, 0.3) is 0 Å². The largest absolute Gasteiger partial charge is 0.369 e. The van der Waals surface area contributed by atoms with Crippen LogP contribution in [0.15, 0.2) is 24.3 Å². The molecule has 2 N–H and O–H groups in total. The average molecular weight is 386 g/mol. The standard InChI is InChI=1S/C15H19IN2O2/c1-10-2-3-12(15(17)20)8-18(10)9-14(19)11-4-6-13(16)7-5-11/h4-7,10,12H,2-3,8-9H2,1H3,(H2,17,20). The van der Waals surface area contributed by atoms with E-state index in [-0.39, 0.29) is 17.6 Å². The number of carbonyl (C=O) groups excluding carboxylic acids is 2. The predicted octanol–water partition coefficient (Wildman–Crippen LogP) is 2.06. The van der Waals surface area contributed by atoms with Crippen LogP contribution in [0.5, 0.6) is 0 Å². The molecule has 4 nitrogen and oxygen atoms in total. The number of benzene rings is 1. The maximum Gasteiger partial charge on any atom is 0.221 e. The lowest BCUT2D eigenvalue weighted by Gasteiger charge is -2.36. The van der Waals surface area contributed by atoms with Crippen LogP contribution < -0.4 is 5.73 Å². The van der Waals surface area contributed by atoms with E-state index >= 15 is 0 Å². The third-order valence-corrected chi connectivity index (χ3v) is 4.65. The average Bonchev–Trinajstić information content (AvgIpc) is 2.41. The second-order valence-electron chi connectivity index (χ2n) is 5.39. The van der Waals surface area contributed by atoms with Gasteiger partial charge in [-0.2, -0.15) is 0 Å². The minimum atomic E-state index is -0.261. The molecular formula is C15H19IN2O2. The fourth-order valence-corrected chi connectivity index (χ4v) is 2.90. The Morgan fingerprint density at radius 1 is 1.30 bits per heavy atom. The summed E-state index contributed by atoms with van der Waals surface area (Å²) in [6.45, 7) is 3.04. The molecule has 0 radical (unpaired) electrons. The smallest absolute Gasteiger partial charge is 0.221 e. The number of likely N-dealkylation sites (tertiary alicyclic amines) is 1. The van der Waals surface area contributed by atoms with Gasteiger partial charge in [-0.25, -0.2) is 0 Å². The molecule has 1 amide bonds. The van der Waals surface area contributed by atoms with Crippen molar-refractivity contribution in [1.82, 2.24) is 4.90 Å². The van der Waals surface area contributed by atoms with Crippen molar-refractivity contribution in [3.63, 3.8) is 0 Å². The Morgan fingerprint density at radius 2 is 1.95 bits per heavy atom. The summed E-state index contributed by atoms with van der Waals surface area (Å²) < 4.78 is 1.11. The first-order valence-electron chi connectivity index (χ1n) is 6.79. The second-order valence-corrected chi connectivity index (χ2v) is 6.63. The van der Waals surface area contributed by atoms with E-state index in [0.717, 1.165) is 22.0 Å². The molecule has 2 atom stereocenters. The van der Waals surface area contributed by atoms with Gasteiger partial charge < -0.3 is 5.73 Å². The van der Waals surface area contributed by atoms with Crippen LogP contribution in [-0.2, 0) is 4.79 Å². The highest BCUT2D eigenvalue weighted by Gasteiger charge is 2.29. The first-order valence-corrected chi connectivity index (χ1v) is 7.87. The quantitative estimate of drug-likeness (QED) is 0.637. The van der Waals surface area contributed by atoms with E-state index in [0.29, 0.717) is 19.1 Å². The summed E-state index contributed by atoms with van der Waals surface area (Å²) in [6.07, 6.45) is 1.73. The number of piperidine rings is 1. The number of carbonyl (C=O) groups is 2. The van der Waals surface area contributed by atoms with Gasteiger partial charge in [0.2, 0.25) is 5.91 Å². The van der Waals surface area contributed by atoms with Gasteiger partial charge in [-0.3, -0.25) is 14.5 Å². The number of primary amides is 1. The minimum Gasteiger partial charge on any atom is -0.369 e. The number of nitrogens with zero attached hydrogens (tertiary/aromatic N) is 1. The molecule has 108 valence electrons. The number of hydrogen-bond donors (Lipinski definition) is 1. The summed E-state index contributed by atoms with van der Waals surface area (Å²) >= 11 is 2.22. The summed E-state index contributed by atoms with van der Waals surface area (Å²) in [5, 5.41) is 0. The molecule has 1 saturated heterocycles. The van der Waals surface area contributed by atoms with Gasteiger partial charge in [0.05, 0.1) is 12.5 Å². The summed E-state index contributed by atoms with van der Waals surface area (Å²) in [6, 6.07) is 7.88. The summed E-state index contributed by atoms with van der Waals surface area (Å²) in [4.78, 5) is 25.7. The molecule has 20 heavy (non-hydrogen) atoms. The van der Waals surface area contributed by atoms with Crippen molar-refractivity contribution in [3.8, 4) is 0 Å². The van der Waals surface area contributed by atoms with Crippen LogP contribution >= 0.6 is 22.6 Å². The molecule has 1 heterocycles. The lowest BCUT2D eigenvalue weighted by molar-refractivity contribution is -0.123. The number of halogens is 1. The van der Waals surface area contributed by atoms with Gasteiger partial charge in [-0.15, -0.1) is 0 Å². The Kier molecular flexibility index (Phi) is 5.15. The van der Waals surface area contributed by atoms with Crippen molar-refractivity contribution in [2.45, 2.75) is 25.8 Å². The molecule has 1 fully saturated rings. The van der Waals surface area contributed by atoms with Gasteiger partial charge in [0.15, 0.2) is 5.78 Å². The fourth-order valence-electron chi connectivity index (χ4n) is 2.54. The van der Waals surface area contributed by atoms with Crippen LogP contribution in [0.4, 0.5) is 0 Å².